The van der Waals surface area contributed by atoms with Crippen molar-refractivity contribution in [3.8, 4) is 10.6 Å². The number of nitrogens with one attached hydrogen (secondary N) is 1. The smallest absolute Gasteiger partial charge is 0.308 e. The Morgan fingerprint density at radius 3 is 2.59 bits per heavy atom. The molecular formula is C16H18N2O3S. The molecule has 6 heteroatoms. The minimum atomic E-state index is -0.923. The van der Waals surface area contributed by atoms with Gasteiger partial charge in [0.2, 0.25) is 5.91 Å². The highest BCUT2D eigenvalue weighted by Crippen LogP contribution is 2.23. The van der Waals surface area contributed by atoms with Gasteiger partial charge in [-0.2, -0.15) is 0 Å². The molecule has 0 spiro atoms. The van der Waals surface area contributed by atoms with Crippen molar-refractivity contribution in [3.05, 3.63) is 41.4 Å². The second kappa shape index (κ2) is 7.17. The van der Waals surface area contributed by atoms with E-state index in [1.54, 1.807) is 13.8 Å². The summed E-state index contributed by atoms with van der Waals surface area (Å²) in [5.41, 5.74) is 1.71. The number of carboxylic acid groups (broad SMARTS) is 1. The highest BCUT2D eigenvalue weighted by atomic mass is 32.1. The number of rotatable bonds is 6. The molecule has 5 nitrogen and oxygen atoms in total. The van der Waals surface area contributed by atoms with Gasteiger partial charge < -0.3 is 10.4 Å². The number of amides is 1. The van der Waals surface area contributed by atoms with Crippen LogP contribution in [0, 0.1) is 5.92 Å². The highest BCUT2D eigenvalue weighted by molar-refractivity contribution is 7.13. The molecule has 0 aliphatic rings. The Labute approximate surface area is 133 Å². The topological polar surface area (TPSA) is 79.3 Å². The summed E-state index contributed by atoms with van der Waals surface area (Å²) >= 11 is 1.49. The van der Waals surface area contributed by atoms with E-state index in [9.17, 15) is 9.59 Å². The van der Waals surface area contributed by atoms with E-state index in [1.807, 2.05) is 35.7 Å². The molecule has 1 heterocycles. The van der Waals surface area contributed by atoms with Gasteiger partial charge in [-0.15, -0.1) is 11.3 Å². The third kappa shape index (κ3) is 4.14. The minimum Gasteiger partial charge on any atom is -0.481 e. The van der Waals surface area contributed by atoms with E-state index in [0.717, 1.165) is 10.6 Å². The maximum absolute atomic E-state index is 12.0. The van der Waals surface area contributed by atoms with E-state index in [4.69, 9.17) is 5.11 Å². The van der Waals surface area contributed by atoms with Crippen molar-refractivity contribution in [2.75, 3.05) is 0 Å². The molecule has 22 heavy (non-hydrogen) atoms. The van der Waals surface area contributed by atoms with Gasteiger partial charge in [0, 0.05) is 17.0 Å². The first-order valence-electron chi connectivity index (χ1n) is 6.99. The Morgan fingerprint density at radius 1 is 1.27 bits per heavy atom. The molecule has 1 aromatic heterocycles. The largest absolute Gasteiger partial charge is 0.481 e. The summed E-state index contributed by atoms with van der Waals surface area (Å²) < 4.78 is 0. The van der Waals surface area contributed by atoms with Crippen LogP contribution in [-0.2, 0) is 16.0 Å². The van der Waals surface area contributed by atoms with Crippen LogP contribution in [0.3, 0.4) is 0 Å². The second-order valence-corrected chi connectivity index (χ2v) is 6.03. The van der Waals surface area contributed by atoms with Crippen LogP contribution in [0.1, 0.15) is 19.5 Å². The summed E-state index contributed by atoms with van der Waals surface area (Å²) in [6, 6.07) is 9.35. The fourth-order valence-electron chi connectivity index (χ4n) is 1.91. The Balaban J connectivity index is 1.96. The molecule has 1 aromatic carbocycles. The Kier molecular flexibility index (Phi) is 5.27. The van der Waals surface area contributed by atoms with Crippen molar-refractivity contribution >= 4 is 23.2 Å². The predicted octanol–water partition coefficient (Wildman–Crippen LogP) is 2.58. The maximum atomic E-state index is 12.0. The zero-order valence-corrected chi connectivity index (χ0v) is 13.3. The van der Waals surface area contributed by atoms with E-state index < -0.39 is 17.9 Å². The third-order valence-electron chi connectivity index (χ3n) is 3.44. The normalized spacial score (nSPS) is 13.4. The fourth-order valence-corrected chi connectivity index (χ4v) is 2.74. The number of carbonyl (C=O) groups is 2. The van der Waals surface area contributed by atoms with Gasteiger partial charge in [0.25, 0.3) is 0 Å². The molecule has 0 radical (unpaired) electrons. The van der Waals surface area contributed by atoms with Crippen molar-refractivity contribution in [1.29, 1.82) is 0 Å². The fraction of sp³-hybridized carbons (Fsp3) is 0.312. The Bertz CT molecular complexity index is 654. The number of nitrogens with zero attached hydrogens (tertiary/aromatic N) is 1. The van der Waals surface area contributed by atoms with Crippen molar-refractivity contribution in [1.82, 2.24) is 10.3 Å². The molecule has 2 aromatic rings. The van der Waals surface area contributed by atoms with Crippen LogP contribution in [0.5, 0.6) is 0 Å². The van der Waals surface area contributed by atoms with Gasteiger partial charge in [0.05, 0.1) is 18.0 Å². The van der Waals surface area contributed by atoms with Crippen LogP contribution < -0.4 is 5.32 Å². The maximum Gasteiger partial charge on any atom is 0.308 e. The number of hydrogen-bond donors (Lipinski definition) is 2. The van der Waals surface area contributed by atoms with E-state index in [-0.39, 0.29) is 12.3 Å². The lowest BCUT2D eigenvalue weighted by Crippen LogP contribution is -2.40. The molecule has 2 rings (SSSR count). The molecular weight excluding hydrogens is 300 g/mol. The molecule has 0 saturated carbocycles. The van der Waals surface area contributed by atoms with Crippen LogP contribution >= 0.6 is 11.3 Å². The number of carbonyl (C=O) groups excluding carboxylic acids is 1. The Hall–Kier alpha value is -2.21. The Morgan fingerprint density at radius 2 is 1.95 bits per heavy atom. The van der Waals surface area contributed by atoms with Crippen molar-refractivity contribution in [3.63, 3.8) is 0 Å². The first kappa shape index (κ1) is 16.2. The van der Waals surface area contributed by atoms with Crippen LogP contribution in [0.2, 0.25) is 0 Å². The summed E-state index contributed by atoms with van der Waals surface area (Å²) in [7, 11) is 0. The monoisotopic (exact) mass is 318 g/mol. The van der Waals surface area contributed by atoms with E-state index in [2.05, 4.69) is 10.3 Å². The molecule has 0 saturated heterocycles. The van der Waals surface area contributed by atoms with Gasteiger partial charge in [-0.3, -0.25) is 9.59 Å². The molecule has 0 fully saturated rings. The first-order chi connectivity index (χ1) is 10.5. The minimum absolute atomic E-state index is 0.153. The molecule has 2 unspecified atom stereocenters. The van der Waals surface area contributed by atoms with E-state index in [0.29, 0.717) is 5.69 Å². The molecule has 1 amide bonds. The standard InChI is InChI=1S/C16H18N2O3S/c1-10(16(20)21)11(2)17-14(19)8-13-9-22-15(18-13)12-6-4-3-5-7-12/h3-7,9-11H,8H2,1-2H3,(H,17,19)(H,20,21). The summed E-state index contributed by atoms with van der Waals surface area (Å²) in [5, 5.41) is 14.4. The van der Waals surface area contributed by atoms with Crippen LogP contribution in [0.4, 0.5) is 0 Å². The van der Waals surface area contributed by atoms with E-state index >= 15 is 0 Å². The van der Waals surface area contributed by atoms with Crippen molar-refractivity contribution in [2.24, 2.45) is 5.92 Å². The number of carboxylic acids is 1. The summed E-state index contributed by atoms with van der Waals surface area (Å²) in [5.74, 6) is -1.77. The van der Waals surface area contributed by atoms with Crippen LogP contribution in [0.15, 0.2) is 35.7 Å². The molecule has 116 valence electrons. The number of aromatic nitrogens is 1. The lowest BCUT2D eigenvalue weighted by molar-refractivity contribution is -0.142. The van der Waals surface area contributed by atoms with Crippen LogP contribution in [-0.4, -0.2) is 28.0 Å². The molecule has 2 atom stereocenters. The number of thiazole rings is 1. The zero-order valence-electron chi connectivity index (χ0n) is 12.4. The second-order valence-electron chi connectivity index (χ2n) is 5.17. The van der Waals surface area contributed by atoms with Crippen molar-refractivity contribution in [2.45, 2.75) is 26.3 Å². The lowest BCUT2D eigenvalue weighted by Gasteiger charge is -2.17. The molecule has 0 bridgehead atoms. The van der Waals surface area contributed by atoms with Gasteiger partial charge in [-0.1, -0.05) is 30.3 Å². The predicted molar refractivity (Wildman–Crippen MR) is 85.7 cm³/mol. The number of hydrogen-bond acceptors (Lipinski definition) is 4. The molecule has 2 N–H and O–H groups in total. The van der Waals surface area contributed by atoms with E-state index in [1.165, 1.54) is 11.3 Å². The highest BCUT2D eigenvalue weighted by Gasteiger charge is 2.21. The molecule has 0 aliphatic carbocycles. The summed E-state index contributed by atoms with van der Waals surface area (Å²) in [6.45, 7) is 3.26. The SMILES string of the molecule is CC(NC(=O)Cc1csc(-c2ccccc2)n1)C(C)C(=O)O. The van der Waals surface area contributed by atoms with Gasteiger partial charge in [0.1, 0.15) is 5.01 Å². The quantitative estimate of drug-likeness (QED) is 0.858. The zero-order chi connectivity index (χ0) is 16.1. The van der Waals surface area contributed by atoms with Crippen molar-refractivity contribution < 1.29 is 14.7 Å². The number of benzene rings is 1. The molecule has 0 aliphatic heterocycles. The van der Waals surface area contributed by atoms with Gasteiger partial charge >= 0.3 is 5.97 Å². The van der Waals surface area contributed by atoms with Crippen LogP contribution in [0.25, 0.3) is 10.6 Å². The average Bonchev–Trinajstić information content (AvgIpc) is 2.95. The summed E-state index contributed by atoms with van der Waals surface area (Å²) in [6.07, 6.45) is 0.153. The third-order valence-corrected chi connectivity index (χ3v) is 4.38. The average molecular weight is 318 g/mol. The first-order valence-corrected chi connectivity index (χ1v) is 7.87. The number of aliphatic carboxylic acids is 1. The summed E-state index contributed by atoms with van der Waals surface area (Å²) in [4.78, 5) is 27.3. The van der Waals surface area contributed by atoms with Gasteiger partial charge in [0.15, 0.2) is 0 Å². The van der Waals surface area contributed by atoms with Gasteiger partial charge in [-0.25, -0.2) is 4.98 Å². The van der Waals surface area contributed by atoms with Gasteiger partial charge in [-0.05, 0) is 13.8 Å². The lowest BCUT2D eigenvalue weighted by atomic mass is 10.0.